The molecule has 2 atom stereocenters. The Bertz CT molecular complexity index is 773. The molecule has 3 rings (SSSR count). The number of fused-ring (bicyclic) bond motifs is 1. The number of likely N-dealkylation sites (tertiary alicyclic amines) is 1. The summed E-state index contributed by atoms with van der Waals surface area (Å²) in [6.45, 7) is 2.20. The lowest BCUT2D eigenvalue weighted by atomic mass is 10.0. The summed E-state index contributed by atoms with van der Waals surface area (Å²) < 4.78 is 0.850. The van der Waals surface area contributed by atoms with Crippen LogP contribution in [0.15, 0.2) is 18.2 Å². The third kappa shape index (κ3) is 2.47. The molecule has 22 heavy (non-hydrogen) atoms. The van der Waals surface area contributed by atoms with Gasteiger partial charge < -0.3 is 10.0 Å². The van der Waals surface area contributed by atoms with Crippen molar-refractivity contribution in [2.24, 2.45) is 5.92 Å². The van der Waals surface area contributed by atoms with Gasteiger partial charge in [-0.1, -0.05) is 29.3 Å². The number of amides is 1. The van der Waals surface area contributed by atoms with E-state index in [0.29, 0.717) is 27.9 Å². The smallest absolute Gasteiger partial charge is 0.308 e. The summed E-state index contributed by atoms with van der Waals surface area (Å²) in [5.74, 6) is -1.60. The fourth-order valence-corrected chi connectivity index (χ4v) is 4.61. The van der Waals surface area contributed by atoms with Crippen molar-refractivity contribution in [3.05, 3.63) is 33.1 Å². The van der Waals surface area contributed by atoms with Crippen LogP contribution in [-0.2, 0) is 4.79 Å². The number of thiophene rings is 1. The molecular weight excluding hydrogens is 345 g/mol. The normalized spacial score (nSPS) is 21.5. The number of halogens is 2. The molecule has 0 saturated carbocycles. The van der Waals surface area contributed by atoms with Gasteiger partial charge in [0.15, 0.2) is 0 Å². The Balaban J connectivity index is 1.96. The lowest BCUT2D eigenvalue weighted by Gasteiger charge is -2.22. The van der Waals surface area contributed by atoms with Crippen LogP contribution in [-0.4, -0.2) is 34.5 Å². The Kier molecular flexibility index (Phi) is 4.05. The lowest BCUT2D eigenvalue weighted by molar-refractivity contribution is -0.142. The van der Waals surface area contributed by atoms with E-state index < -0.39 is 11.9 Å². The van der Waals surface area contributed by atoms with Gasteiger partial charge in [-0.2, -0.15) is 0 Å². The fourth-order valence-electron chi connectivity index (χ4n) is 2.86. The molecule has 7 heteroatoms. The number of benzene rings is 1. The quantitative estimate of drug-likeness (QED) is 0.878. The van der Waals surface area contributed by atoms with Crippen molar-refractivity contribution in [2.45, 2.75) is 19.4 Å². The first-order chi connectivity index (χ1) is 10.4. The average molecular weight is 358 g/mol. The van der Waals surface area contributed by atoms with Gasteiger partial charge in [-0.15, -0.1) is 11.3 Å². The standard InChI is InChI=1S/C15H13Cl2NO3S/c1-7-9(15(20)21)4-5-18(7)14(19)13-12(17)10-3-2-8(16)6-11(10)22-13/h2-3,6-7,9H,4-5H2,1H3,(H,20,21). The molecule has 0 aliphatic carbocycles. The number of rotatable bonds is 2. The number of carbonyl (C=O) groups is 2. The van der Waals surface area contributed by atoms with E-state index in [-0.39, 0.29) is 11.9 Å². The maximum Gasteiger partial charge on any atom is 0.308 e. The first kappa shape index (κ1) is 15.6. The molecule has 1 aliphatic heterocycles. The molecule has 1 N–H and O–H groups in total. The lowest BCUT2D eigenvalue weighted by Crippen LogP contribution is -2.37. The van der Waals surface area contributed by atoms with E-state index in [1.807, 2.05) is 0 Å². The Morgan fingerprint density at radius 2 is 2.09 bits per heavy atom. The minimum atomic E-state index is -0.864. The molecule has 1 aliphatic rings. The van der Waals surface area contributed by atoms with Gasteiger partial charge in [0.25, 0.3) is 5.91 Å². The summed E-state index contributed by atoms with van der Waals surface area (Å²) in [6, 6.07) is 4.96. The highest BCUT2D eigenvalue weighted by molar-refractivity contribution is 7.21. The largest absolute Gasteiger partial charge is 0.481 e. The van der Waals surface area contributed by atoms with E-state index in [4.69, 9.17) is 23.2 Å². The molecule has 1 amide bonds. The zero-order valence-corrected chi connectivity index (χ0v) is 14.0. The van der Waals surface area contributed by atoms with Crippen LogP contribution in [0.3, 0.4) is 0 Å². The van der Waals surface area contributed by atoms with Gasteiger partial charge in [-0.05, 0) is 25.5 Å². The second-order valence-corrected chi connectivity index (χ2v) is 7.22. The molecule has 2 unspecified atom stereocenters. The van der Waals surface area contributed by atoms with Crippen molar-refractivity contribution >= 4 is 56.5 Å². The van der Waals surface area contributed by atoms with Crippen molar-refractivity contribution in [3.8, 4) is 0 Å². The third-order valence-corrected chi connectivity index (χ3v) is 6.00. The van der Waals surface area contributed by atoms with E-state index in [0.717, 1.165) is 10.1 Å². The van der Waals surface area contributed by atoms with Crippen molar-refractivity contribution in [3.63, 3.8) is 0 Å². The Morgan fingerprint density at radius 3 is 2.73 bits per heavy atom. The molecular formula is C15H13Cl2NO3S. The molecule has 1 aromatic carbocycles. The molecule has 0 radical (unpaired) electrons. The molecule has 116 valence electrons. The molecule has 1 fully saturated rings. The molecule has 0 bridgehead atoms. The van der Waals surface area contributed by atoms with E-state index in [9.17, 15) is 14.7 Å². The predicted molar refractivity (Wildman–Crippen MR) is 88.1 cm³/mol. The summed E-state index contributed by atoms with van der Waals surface area (Å²) in [6.07, 6.45) is 0.469. The predicted octanol–water partition coefficient (Wildman–Crippen LogP) is 4.14. The first-order valence-electron chi connectivity index (χ1n) is 6.81. The van der Waals surface area contributed by atoms with Crippen LogP contribution in [0.1, 0.15) is 23.0 Å². The number of carboxylic acids is 1. The highest BCUT2D eigenvalue weighted by Gasteiger charge is 2.39. The van der Waals surface area contributed by atoms with Crippen LogP contribution in [0.2, 0.25) is 10.0 Å². The van der Waals surface area contributed by atoms with Crippen LogP contribution in [0.5, 0.6) is 0 Å². The second-order valence-electron chi connectivity index (χ2n) is 5.36. The summed E-state index contributed by atoms with van der Waals surface area (Å²) in [5, 5.41) is 11.0. The number of carbonyl (C=O) groups excluding carboxylic acids is 1. The third-order valence-electron chi connectivity index (χ3n) is 4.12. The average Bonchev–Trinajstić information content (AvgIpc) is 2.99. The summed E-state index contributed by atoms with van der Waals surface area (Å²) in [7, 11) is 0. The van der Waals surface area contributed by atoms with Crippen molar-refractivity contribution in [2.75, 3.05) is 6.54 Å². The number of carboxylic acid groups (broad SMARTS) is 1. The monoisotopic (exact) mass is 357 g/mol. The van der Waals surface area contributed by atoms with E-state index in [2.05, 4.69) is 0 Å². The number of hydrogen-bond donors (Lipinski definition) is 1. The zero-order chi connectivity index (χ0) is 16.0. The number of nitrogens with zero attached hydrogens (tertiary/aromatic N) is 1. The minimum absolute atomic E-state index is 0.210. The van der Waals surface area contributed by atoms with Crippen molar-refractivity contribution in [1.82, 2.24) is 4.90 Å². The molecule has 2 heterocycles. The first-order valence-corrected chi connectivity index (χ1v) is 8.38. The summed E-state index contributed by atoms with van der Waals surface area (Å²) in [4.78, 5) is 25.9. The van der Waals surface area contributed by atoms with Gasteiger partial charge in [0.05, 0.1) is 10.9 Å². The van der Waals surface area contributed by atoms with Gasteiger partial charge in [-0.3, -0.25) is 9.59 Å². The molecule has 1 saturated heterocycles. The van der Waals surface area contributed by atoms with E-state index in [1.54, 1.807) is 30.0 Å². The Hall–Kier alpha value is -1.30. The summed E-state index contributed by atoms with van der Waals surface area (Å²) in [5.41, 5.74) is 0. The van der Waals surface area contributed by atoms with Gasteiger partial charge >= 0.3 is 5.97 Å². The molecule has 1 aromatic heterocycles. The maximum atomic E-state index is 12.7. The van der Waals surface area contributed by atoms with E-state index in [1.165, 1.54) is 11.3 Å². The van der Waals surface area contributed by atoms with Crippen LogP contribution < -0.4 is 0 Å². The number of aliphatic carboxylic acids is 1. The molecule has 2 aromatic rings. The van der Waals surface area contributed by atoms with Crippen LogP contribution in [0, 0.1) is 5.92 Å². The highest BCUT2D eigenvalue weighted by atomic mass is 35.5. The van der Waals surface area contributed by atoms with Crippen LogP contribution in [0.4, 0.5) is 0 Å². The second kappa shape index (κ2) is 5.72. The van der Waals surface area contributed by atoms with E-state index >= 15 is 0 Å². The molecule has 0 spiro atoms. The number of hydrogen-bond acceptors (Lipinski definition) is 3. The topological polar surface area (TPSA) is 57.6 Å². The van der Waals surface area contributed by atoms with Crippen molar-refractivity contribution < 1.29 is 14.7 Å². The van der Waals surface area contributed by atoms with Gasteiger partial charge in [0.2, 0.25) is 0 Å². The van der Waals surface area contributed by atoms with Crippen LogP contribution >= 0.6 is 34.5 Å². The van der Waals surface area contributed by atoms with Gasteiger partial charge in [0, 0.05) is 27.7 Å². The zero-order valence-electron chi connectivity index (χ0n) is 11.7. The fraction of sp³-hybridized carbons (Fsp3) is 0.333. The van der Waals surface area contributed by atoms with Gasteiger partial charge in [0.1, 0.15) is 4.88 Å². The van der Waals surface area contributed by atoms with Gasteiger partial charge in [-0.25, -0.2) is 0 Å². The Labute approximate surface area is 141 Å². The minimum Gasteiger partial charge on any atom is -0.481 e. The van der Waals surface area contributed by atoms with Crippen molar-refractivity contribution in [1.29, 1.82) is 0 Å². The highest BCUT2D eigenvalue weighted by Crippen LogP contribution is 2.38. The SMILES string of the molecule is CC1C(C(=O)O)CCN1C(=O)c1sc2cc(Cl)ccc2c1Cl. The maximum absolute atomic E-state index is 12.7. The molecule has 4 nitrogen and oxygen atoms in total. The Morgan fingerprint density at radius 1 is 1.36 bits per heavy atom. The summed E-state index contributed by atoms with van der Waals surface area (Å²) >= 11 is 13.6. The van der Waals surface area contributed by atoms with Crippen LogP contribution in [0.25, 0.3) is 10.1 Å².